The Balaban J connectivity index is 0.000000469. The summed E-state index contributed by atoms with van der Waals surface area (Å²) in [5, 5.41) is 0. The van der Waals surface area contributed by atoms with E-state index in [0.29, 0.717) is 6.04 Å². The van der Waals surface area contributed by atoms with Crippen LogP contribution in [0, 0.1) is 11.8 Å². The molecule has 0 spiro atoms. The molecule has 196 valence electrons. The summed E-state index contributed by atoms with van der Waals surface area (Å²) in [6, 6.07) is 33.0. The summed E-state index contributed by atoms with van der Waals surface area (Å²) in [7, 11) is 1.99. The van der Waals surface area contributed by atoms with Gasteiger partial charge in [0.15, 0.2) is 0 Å². The van der Waals surface area contributed by atoms with Crippen molar-refractivity contribution in [2.24, 2.45) is 11.8 Å². The van der Waals surface area contributed by atoms with Crippen molar-refractivity contribution in [2.45, 2.75) is 57.4 Å². The molecule has 3 aromatic carbocycles. The number of hydrogen-bond acceptors (Lipinski definition) is 2. The molecule has 1 saturated carbocycles. The number of hydrogen-bond donors (Lipinski definition) is 0. The number of amides is 1. The van der Waals surface area contributed by atoms with E-state index in [0.717, 1.165) is 30.2 Å². The number of likely N-dealkylation sites (tertiary alicyclic amines) is 1. The molecule has 1 heterocycles. The molecule has 1 unspecified atom stereocenters. The van der Waals surface area contributed by atoms with Crippen LogP contribution in [0.25, 0.3) is 0 Å². The minimum absolute atomic E-state index is 0.169. The highest BCUT2D eigenvalue weighted by atomic mass is 16.2. The Bertz CT molecular complexity index is 989. The zero-order valence-corrected chi connectivity index (χ0v) is 22.6. The van der Waals surface area contributed by atoms with Gasteiger partial charge in [0, 0.05) is 25.2 Å². The van der Waals surface area contributed by atoms with Gasteiger partial charge in [0.1, 0.15) is 0 Å². The summed E-state index contributed by atoms with van der Waals surface area (Å²) < 4.78 is 0. The molecular weight excluding hydrogens is 452 g/mol. The first-order valence-corrected chi connectivity index (χ1v) is 14.3. The highest BCUT2D eigenvalue weighted by molar-refractivity contribution is 5.94. The predicted octanol–water partition coefficient (Wildman–Crippen LogP) is 7.35. The van der Waals surface area contributed by atoms with Gasteiger partial charge in [-0.3, -0.25) is 4.79 Å². The van der Waals surface area contributed by atoms with Crippen LogP contribution in [0.2, 0.25) is 0 Å². The van der Waals surface area contributed by atoms with Gasteiger partial charge in [-0.2, -0.15) is 0 Å². The van der Waals surface area contributed by atoms with Crippen LogP contribution in [0.4, 0.5) is 0 Å². The highest BCUT2D eigenvalue weighted by Gasteiger charge is 2.32. The molecule has 2 aliphatic rings. The first-order valence-electron chi connectivity index (χ1n) is 14.3. The second kappa shape index (κ2) is 14.7. The van der Waals surface area contributed by atoms with Crippen molar-refractivity contribution < 1.29 is 4.79 Å². The predicted molar refractivity (Wildman–Crippen MR) is 155 cm³/mol. The van der Waals surface area contributed by atoms with E-state index in [1.807, 2.05) is 78.7 Å². The van der Waals surface area contributed by atoms with E-state index in [2.05, 4.69) is 35.2 Å². The lowest BCUT2D eigenvalue weighted by Crippen LogP contribution is -2.38. The SMILES string of the molecule is CN(C(=O)c1ccccc1)C1CC[C@@H](CN2CCC(CCCc3ccccc3)CC2)C1.c1ccccc1. The standard InChI is InChI=1S/C28H38N2O.C6H6/c1-29(28(31)26-13-6-3-7-14-26)27-16-15-25(21-27)22-30-19-17-24(18-20-30)12-8-11-23-9-4-2-5-10-23;1-2-4-6-5-3-1/h2-7,9-10,13-14,24-25,27H,8,11-12,15-22H2,1H3;1-6H/t25-,27?;/m1./s1. The van der Waals surface area contributed by atoms with Crippen LogP contribution in [0.1, 0.15) is 60.9 Å². The van der Waals surface area contributed by atoms with E-state index in [4.69, 9.17) is 0 Å². The largest absolute Gasteiger partial charge is 0.339 e. The molecule has 0 N–H and O–H groups in total. The Kier molecular flexibility index (Phi) is 10.8. The molecule has 3 nitrogen and oxygen atoms in total. The minimum atomic E-state index is 0.169. The van der Waals surface area contributed by atoms with Crippen LogP contribution in [-0.2, 0) is 6.42 Å². The van der Waals surface area contributed by atoms with E-state index in [9.17, 15) is 4.79 Å². The Morgan fingerprint density at radius 2 is 1.32 bits per heavy atom. The van der Waals surface area contributed by atoms with Gasteiger partial charge in [0.2, 0.25) is 0 Å². The summed E-state index contributed by atoms with van der Waals surface area (Å²) in [5.41, 5.74) is 2.29. The lowest BCUT2D eigenvalue weighted by atomic mass is 9.90. The second-order valence-electron chi connectivity index (χ2n) is 10.9. The van der Waals surface area contributed by atoms with Gasteiger partial charge in [-0.1, -0.05) is 91.3 Å². The Labute approximate surface area is 224 Å². The topological polar surface area (TPSA) is 23.6 Å². The second-order valence-corrected chi connectivity index (χ2v) is 10.9. The molecular formula is C34H44N2O. The van der Waals surface area contributed by atoms with Crippen LogP contribution in [0.3, 0.4) is 0 Å². The van der Waals surface area contributed by atoms with E-state index in [1.165, 1.54) is 63.7 Å². The molecule has 37 heavy (non-hydrogen) atoms. The molecule has 1 aliphatic carbocycles. The fraction of sp³-hybridized carbons (Fsp3) is 0.441. The Morgan fingerprint density at radius 1 is 0.757 bits per heavy atom. The molecule has 0 radical (unpaired) electrons. The summed E-state index contributed by atoms with van der Waals surface area (Å²) in [6.45, 7) is 3.74. The van der Waals surface area contributed by atoms with Crippen LogP contribution in [0.5, 0.6) is 0 Å². The number of benzene rings is 3. The fourth-order valence-electron chi connectivity index (χ4n) is 5.96. The third-order valence-corrected chi connectivity index (χ3v) is 8.21. The molecule has 3 aromatic rings. The molecule has 1 aliphatic heterocycles. The molecule has 1 saturated heterocycles. The van der Waals surface area contributed by atoms with E-state index >= 15 is 0 Å². The average molecular weight is 497 g/mol. The van der Waals surface area contributed by atoms with E-state index in [-0.39, 0.29) is 5.91 Å². The molecule has 5 rings (SSSR count). The molecule has 2 atom stereocenters. The van der Waals surface area contributed by atoms with Crippen LogP contribution < -0.4 is 0 Å². The maximum atomic E-state index is 12.8. The van der Waals surface area contributed by atoms with Gasteiger partial charge in [-0.05, 0) is 87.6 Å². The van der Waals surface area contributed by atoms with Crippen molar-refractivity contribution in [3.8, 4) is 0 Å². The number of carbonyl (C=O) groups is 1. The monoisotopic (exact) mass is 496 g/mol. The molecule has 0 aromatic heterocycles. The van der Waals surface area contributed by atoms with Gasteiger partial charge < -0.3 is 9.80 Å². The van der Waals surface area contributed by atoms with Gasteiger partial charge >= 0.3 is 0 Å². The maximum absolute atomic E-state index is 12.8. The number of nitrogens with zero attached hydrogens (tertiary/aromatic N) is 2. The first kappa shape index (κ1) is 27.1. The fourth-order valence-corrected chi connectivity index (χ4v) is 5.96. The lowest BCUT2D eigenvalue weighted by Gasteiger charge is -2.34. The van der Waals surface area contributed by atoms with Crippen molar-refractivity contribution in [3.63, 3.8) is 0 Å². The van der Waals surface area contributed by atoms with Crippen molar-refractivity contribution >= 4 is 5.91 Å². The number of rotatable bonds is 8. The van der Waals surface area contributed by atoms with Crippen molar-refractivity contribution in [1.29, 1.82) is 0 Å². The quantitative estimate of drug-likeness (QED) is 0.325. The number of carbonyl (C=O) groups excluding carboxylic acids is 1. The van der Waals surface area contributed by atoms with Gasteiger partial charge in [0.05, 0.1) is 0 Å². The number of piperidine rings is 1. The Morgan fingerprint density at radius 3 is 1.95 bits per heavy atom. The maximum Gasteiger partial charge on any atom is 0.253 e. The van der Waals surface area contributed by atoms with Crippen molar-refractivity contribution in [3.05, 3.63) is 108 Å². The zero-order valence-electron chi connectivity index (χ0n) is 22.6. The van der Waals surface area contributed by atoms with E-state index < -0.39 is 0 Å². The van der Waals surface area contributed by atoms with Crippen molar-refractivity contribution in [1.82, 2.24) is 9.80 Å². The first-order chi connectivity index (χ1) is 18.2. The van der Waals surface area contributed by atoms with Crippen LogP contribution in [-0.4, -0.2) is 48.4 Å². The van der Waals surface area contributed by atoms with Crippen LogP contribution >= 0.6 is 0 Å². The highest BCUT2D eigenvalue weighted by Crippen LogP contribution is 2.32. The smallest absolute Gasteiger partial charge is 0.253 e. The minimum Gasteiger partial charge on any atom is -0.339 e. The third kappa shape index (κ3) is 8.86. The zero-order chi connectivity index (χ0) is 25.7. The number of aryl methyl sites for hydroxylation is 1. The Hall–Kier alpha value is -2.91. The summed E-state index contributed by atoms with van der Waals surface area (Å²) in [6.07, 6.45) is 10.2. The summed E-state index contributed by atoms with van der Waals surface area (Å²) in [4.78, 5) is 17.4. The summed E-state index contributed by atoms with van der Waals surface area (Å²) >= 11 is 0. The lowest BCUT2D eigenvalue weighted by molar-refractivity contribution is 0.0728. The summed E-state index contributed by atoms with van der Waals surface area (Å²) in [5.74, 6) is 1.82. The van der Waals surface area contributed by atoms with Gasteiger partial charge in [-0.25, -0.2) is 0 Å². The van der Waals surface area contributed by atoms with Crippen LogP contribution in [0.15, 0.2) is 97.1 Å². The molecule has 2 fully saturated rings. The molecule has 3 heteroatoms. The average Bonchev–Trinajstić information content (AvgIpc) is 3.44. The molecule has 1 amide bonds. The normalized spacial score (nSPS) is 20.1. The van der Waals surface area contributed by atoms with E-state index in [1.54, 1.807) is 0 Å². The van der Waals surface area contributed by atoms with Gasteiger partial charge in [0.25, 0.3) is 5.91 Å². The molecule has 0 bridgehead atoms. The van der Waals surface area contributed by atoms with Gasteiger partial charge in [-0.15, -0.1) is 0 Å². The van der Waals surface area contributed by atoms with Crippen molar-refractivity contribution in [2.75, 3.05) is 26.7 Å². The third-order valence-electron chi connectivity index (χ3n) is 8.21.